The van der Waals surface area contributed by atoms with Crippen LogP contribution in [0, 0.1) is 0 Å². The zero-order chi connectivity index (χ0) is 35.7. The smallest absolute Gasteiger partial charge is 0.215 e. The summed E-state index contributed by atoms with van der Waals surface area (Å²) in [6.45, 7) is 37.4. The first kappa shape index (κ1) is 42.6. The van der Waals surface area contributed by atoms with Gasteiger partial charge in [-0.05, 0) is 124 Å². The Balaban J connectivity index is 3.14. The van der Waals surface area contributed by atoms with E-state index in [1.165, 1.54) is 0 Å². The molecule has 0 spiro atoms. The lowest BCUT2D eigenvalue weighted by Crippen LogP contribution is -2.71. The molecule has 1 saturated heterocycles. The van der Waals surface area contributed by atoms with E-state index in [4.69, 9.17) is 36.3 Å². The van der Waals surface area contributed by atoms with Crippen LogP contribution >= 0.6 is 15.9 Å². The summed E-state index contributed by atoms with van der Waals surface area (Å²) in [5.74, 6) is -1.38. The van der Waals surface area contributed by atoms with Crippen molar-refractivity contribution in [1.82, 2.24) is 0 Å². The predicted molar refractivity (Wildman–Crippen MR) is 205 cm³/mol. The number of benzene rings is 1. The standard InChI is InChI=1S/C32H65BrO8Si5/c1-23(2)36-31(34-3)25-20-19-24(33)21-26(25)32(41-46(16,17)18)30(40-45(13,14)15)29(39-44(10,11)12)28(38-43(7,8)9)27(37-32)22-35-42(4,5)6/h19-21,23,27-31H,22H2,1-18H3. The van der Waals surface area contributed by atoms with Crippen molar-refractivity contribution in [1.29, 1.82) is 0 Å². The molecule has 46 heavy (non-hydrogen) atoms. The highest BCUT2D eigenvalue weighted by Gasteiger charge is 2.62. The predicted octanol–water partition coefficient (Wildman–Crippen LogP) is 9.43. The third-order valence-electron chi connectivity index (χ3n) is 6.54. The molecule has 14 heteroatoms. The first-order valence-electron chi connectivity index (χ1n) is 16.6. The Labute approximate surface area is 294 Å². The molecule has 0 bridgehead atoms. The van der Waals surface area contributed by atoms with Crippen LogP contribution in [-0.2, 0) is 42.1 Å². The van der Waals surface area contributed by atoms with Crippen LogP contribution in [0.15, 0.2) is 22.7 Å². The number of hydrogen-bond donors (Lipinski definition) is 0. The second-order valence-corrected chi connectivity index (χ2v) is 40.7. The normalized spacial score (nSPS) is 26.1. The third-order valence-corrected chi connectivity index (χ3v) is 11.9. The van der Waals surface area contributed by atoms with E-state index in [2.05, 4.69) is 120 Å². The molecule has 0 N–H and O–H groups in total. The van der Waals surface area contributed by atoms with Crippen LogP contribution in [0.5, 0.6) is 0 Å². The molecule has 0 amide bonds. The lowest BCUT2D eigenvalue weighted by molar-refractivity contribution is -0.341. The minimum absolute atomic E-state index is 0.0769. The Kier molecular flexibility index (Phi) is 14.6. The molecule has 8 nitrogen and oxygen atoms in total. The van der Waals surface area contributed by atoms with E-state index in [9.17, 15) is 0 Å². The van der Waals surface area contributed by atoms with Crippen molar-refractivity contribution >= 4 is 57.5 Å². The van der Waals surface area contributed by atoms with Gasteiger partial charge in [0.2, 0.25) is 5.79 Å². The van der Waals surface area contributed by atoms with Gasteiger partial charge in [0.05, 0.1) is 12.7 Å². The van der Waals surface area contributed by atoms with E-state index >= 15 is 0 Å². The maximum atomic E-state index is 7.50. The first-order chi connectivity index (χ1) is 20.6. The summed E-state index contributed by atoms with van der Waals surface area (Å²) >= 11 is 3.78. The molecule has 1 aromatic rings. The highest BCUT2D eigenvalue weighted by Crippen LogP contribution is 2.49. The fraction of sp³-hybridized carbons (Fsp3) is 0.812. The van der Waals surface area contributed by atoms with Gasteiger partial charge in [-0.3, -0.25) is 0 Å². The minimum atomic E-state index is -2.38. The second-order valence-electron chi connectivity index (χ2n) is 17.5. The van der Waals surface area contributed by atoms with Crippen molar-refractivity contribution in [3.05, 3.63) is 33.8 Å². The Morgan fingerprint density at radius 1 is 0.739 bits per heavy atom. The van der Waals surface area contributed by atoms with E-state index in [1.54, 1.807) is 7.11 Å². The topological polar surface area (TPSA) is 73.8 Å². The summed E-state index contributed by atoms with van der Waals surface area (Å²) in [5.41, 5.74) is 1.62. The first-order valence-corrected chi connectivity index (χ1v) is 34.4. The Bertz CT molecular complexity index is 1120. The van der Waals surface area contributed by atoms with Crippen LogP contribution in [0.1, 0.15) is 31.3 Å². The summed E-state index contributed by atoms with van der Waals surface area (Å²) in [6, 6.07) is 6.12. The molecule has 6 unspecified atom stereocenters. The molecule has 1 aliphatic rings. The minimum Gasteiger partial charge on any atom is -0.415 e. The van der Waals surface area contributed by atoms with Crippen LogP contribution in [0.3, 0.4) is 0 Å². The fourth-order valence-electron chi connectivity index (χ4n) is 5.38. The molecule has 1 aliphatic heterocycles. The van der Waals surface area contributed by atoms with Crippen LogP contribution in [0.4, 0.5) is 0 Å². The van der Waals surface area contributed by atoms with Gasteiger partial charge in [-0.15, -0.1) is 0 Å². The van der Waals surface area contributed by atoms with Gasteiger partial charge in [0.1, 0.15) is 24.4 Å². The molecule has 2 rings (SSSR count). The van der Waals surface area contributed by atoms with E-state index in [0.717, 1.165) is 15.6 Å². The Morgan fingerprint density at radius 3 is 1.70 bits per heavy atom. The van der Waals surface area contributed by atoms with Crippen LogP contribution in [0.25, 0.3) is 0 Å². The molecular formula is C32H65BrO8Si5. The molecular weight excluding hydrogens is 733 g/mol. The summed E-state index contributed by atoms with van der Waals surface area (Å²) < 4.78 is 56.4. The fourth-order valence-corrected chi connectivity index (χ4v) is 10.8. The molecule has 6 atom stereocenters. The van der Waals surface area contributed by atoms with Gasteiger partial charge in [0.25, 0.3) is 0 Å². The monoisotopic (exact) mass is 796 g/mol. The Morgan fingerprint density at radius 2 is 1.26 bits per heavy atom. The second kappa shape index (κ2) is 15.8. The van der Waals surface area contributed by atoms with Crippen LogP contribution in [0.2, 0.25) is 98.2 Å². The lowest BCUT2D eigenvalue weighted by Gasteiger charge is -2.57. The maximum absolute atomic E-state index is 7.50. The Hall–Kier alpha value is 0.464. The summed E-state index contributed by atoms with van der Waals surface area (Å²) in [5, 5.41) is 0. The summed E-state index contributed by atoms with van der Waals surface area (Å²) in [7, 11) is -9.22. The van der Waals surface area contributed by atoms with Gasteiger partial charge in [-0.2, -0.15) is 0 Å². The molecule has 1 fully saturated rings. The van der Waals surface area contributed by atoms with Gasteiger partial charge in [0.15, 0.2) is 47.9 Å². The highest BCUT2D eigenvalue weighted by molar-refractivity contribution is 9.10. The molecule has 1 aromatic carbocycles. The molecule has 0 aliphatic carbocycles. The molecule has 0 saturated carbocycles. The number of methoxy groups -OCH3 is 1. The van der Waals surface area contributed by atoms with Crippen molar-refractivity contribution in [3.63, 3.8) is 0 Å². The SMILES string of the molecule is COC(OC(C)C)c1ccc(Br)cc1C1(O[Si](C)(C)C)OC(CO[Si](C)(C)C)C(O[Si](C)(C)C)C(O[Si](C)(C)C)C1O[Si](C)(C)C. The van der Waals surface area contributed by atoms with Gasteiger partial charge >= 0.3 is 0 Å². The van der Waals surface area contributed by atoms with E-state index in [1.807, 2.05) is 26.0 Å². The van der Waals surface area contributed by atoms with Gasteiger partial charge in [-0.25, -0.2) is 0 Å². The zero-order valence-electron chi connectivity index (χ0n) is 32.0. The van der Waals surface area contributed by atoms with Crippen molar-refractivity contribution in [2.75, 3.05) is 13.7 Å². The van der Waals surface area contributed by atoms with E-state index in [0.29, 0.717) is 6.61 Å². The van der Waals surface area contributed by atoms with E-state index < -0.39 is 78.1 Å². The van der Waals surface area contributed by atoms with Crippen LogP contribution in [-0.4, -0.2) is 85.8 Å². The van der Waals surface area contributed by atoms with E-state index in [-0.39, 0.29) is 6.10 Å². The number of hydrogen-bond acceptors (Lipinski definition) is 8. The molecule has 0 radical (unpaired) electrons. The van der Waals surface area contributed by atoms with Crippen molar-refractivity contribution in [3.8, 4) is 0 Å². The maximum Gasteiger partial charge on any atom is 0.215 e. The third kappa shape index (κ3) is 13.3. The average molecular weight is 798 g/mol. The van der Waals surface area contributed by atoms with Crippen molar-refractivity contribution in [2.45, 2.75) is 155 Å². The summed E-state index contributed by atoms with van der Waals surface area (Å²) in [4.78, 5) is 0. The molecule has 0 aromatic heterocycles. The molecule has 268 valence electrons. The van der Waals surface area contributed by atoms with Gasteiger partial charge < -0.3 is 36.3 Å². The number of rotatable bonds is 16. The lowest BCUT2D eigenvalue weighted by atomic mass is 9.86. The van der Waals surface area contributed by atoms with Crippen molar-refractivity contribution in [2.24, 2.45) is 0 Å². The van der Waals surface area contributed by atoms with Crippen LogP contribution < -0.4 is 0 Å². The van der Waals surface area contributed by atoms with Crippen molar-refractivity contribution < 1.29 is 36.3 Å². The quantitative estimate of drug-likeness (QED) is 0.121. The van der Waals surface area contributed by atoms with Gasteiger partial charge in [-0.1, -0.05) is 22.0 Å². The average Bonchev–Trinajstić information content (AvgIpc) is 2.81. The zero-order valence-corrected chi connectivity index (χ0v) is 38.6. The molecule has 1 heterocycles. The largest absolute Gasteiger partial charge is 0.415 e. The number of ether oxygens (including phenoxy) is 3. The van der Waals surface area contributed by atoms with Gasteiger partial charge in [0, 0.05) is 22.7 Å². The summed E-state index contributed by atoms with van der Waals surface area (Å²) in [6.07, 6.45) is -2.78. The number of halogens is 1. The highest BCUT2D eigenvalue weighted by atomic mass is 79.9.